The van der Waals surface area contributed by atoms with E-state index in [0.29, 0.717) is 25.5 Å². The molecule has 1 atom stereocenters. The molecule has 128 valence electrons. The standard InChI is InChI=1S/C19H22FNO3/c1-3-23-19(22)14(2)21-12-15-7-9-18(10-8-15)24-13-16-5-4-6-17(20)11-16/h4-11,14,21H,3,12-13H2,1-2H3/t14-/m0/s1. The van der Waals surface area contributed by atoms with Crippen LogP contribution >= 0.6 is 0 Å². The second-order valence-corrected chi connectivity index (χ2v) is 5.42. The molecule has 0 aliphatic rings. The van der Waals surface area contributed by atoms with Gasteiger partial charge in [-0.2, -0.15) is 0 Å². The topological polar surface area (TPSA) is 47.6 Å². The average molecular weight is 331 g/mol. The summed E-state index contributed by atoms with van der Waals surface area (Å²) in [5, 5.41) is 3.11. The molecule has 1 N–H and O–H groups in total. The molecule has 0 amide bonds. The maximum atomic E-state index is 13.1. The molecule has 2 aromatic rings. The van der Waals surface area contributed by atoms with Gasteiger partial charge in [0.15, 0.2) is 0 Å². The molecule has 0 aliphatic heterocycles. The van der Waals surface area contributed by atoms with Crippen LogP contribution in [-0.4, -0.2) is 18.6 Å². The second kappa shape index (κ2) is 9.03. The van der Waals surface area contributed by atoms with Gasteiger partial charge in [0.05, 0.1) is 6.61 Å². The van der Waals surface area contributed by atoms with Crippen molar-refractivity contribution in [3.05, 3.63) is 65.5 Å². The van der Waals surface area contributed by atoms with E-state index in [4.69, 9.17) is 9.47 Å². The Kier molecular flexibility index (Phi) is 6.75. The minimum atomic E-state index is -0.353. The fourth-order valence-corrected chi connectivity index (χ4v) is 2.12. The minimum Gasteiger partial charge on any atom is -0.489 e. The molecule has 0 unspecified atom stereocenters. The number of rotatable bonds is 8. The molecule has 0 saturated heterocycles. The zero-order valence-corrected chi connectivity index (χ0v) is 13.9. The second-order valence-electron chi connectivity index (χ2n) is 5.42. The Morgan fingerprint density at radius 1 is 1.17 bits per heavy atom. The quantitative estimate of drug-likeness (QED) is 0.753. The fourth-order valence-electron chi connectivity index (χ4n) is 2.12. The molecule has 5 heteroatoms. The van der Waals surface area contributed by atoms with Crippen molar-refractivity contribution in [1.82, 2.24) is 5.32 Å². The van der Waals surface area contributed by atoms with Crippen LogP contribution in [0.25, 0.3) is 0 Å². The zero-order chi connectivity index (χ0) is 17.4. The normalized spacial score (nSPS) is 11.8. The fraction of sp³-hybridized carbons (Fsp3) is 0.316. The largest absolute Gasteiger partial charge is 0.489 e. The van der Waals surface area contributed by atoms with Crippen LogP contribution in [0.4, 0.5) is 4.39 Å². The van der Waals surface area contributed by atoms with Gasteiger partial charge in [-0.3, -0.25) is 4.79 Å². The highest BCUT2D eigenvalue weighted by Crippen LogP contribution is 2.15. The number of ether oxygens (including phenoxy) is 2. The van der Waals surface area contributed by atoms with E-state index in [9.17, 15) is 9.18 Å². The number of halogens is 1. The van der Waals surface area contributed by atoms with Gasteiger partial charge in [-0.15, -0.1) is 0 Å². The van der Waals surface area contributed by atoms with Crippen molar-refractivity contribution in [2.24, 2.45) is 0 Å². The number of benzene rings is 2. The third-order valence-electron chi connectivity index (χ3n) is 3.47. The van der Waals surface area contributed by atoms with Crippen LogP contribution in [0.1, 0.15) is 25.0 Å². The maximum Gasteiger partial charge on any atom is 0.322 e. The zero-order valence-electron chi connectivity index (χ0n) is 13.9. The SMILES string of the molecule is CCOC(=O)[C@H](C)NCc1ccc(OCc2cccc(F)c2)cc1. The van der Waals surface area contributed by atoms with Crippen molar-refractivity contribution >= 4 is 5.97 Å². The molecule has 24 heavy (non-hydrogen) atoms. The first-order valence-corrected chi connectivity index (χ1v) is 7.94. The van der Waals surface area contributed by atoms with Crippen molar-refractivity contribution in [3.63, 3.8) is 0 Å². The van der Waals surface area contributed by atoms with Crippen LogP contribution in [0.5, 0.6) is 5.75 Å². The first-order valence-electron chi connectivity index (χ1n) is 7.94. The van der Waals surface area contributed by atoms with E-state index in [1.807, 2.05) is 30.3 Å². The van der Waals surface area contributed by atoms with Crippen LogP contribution in [0.2, 0.25) is 0 Å². The minimum absolute atomic E-state index is 0.257. The van der Waals surface area contributed by atoms with E-state index in [1.54, 1.807) is 19.9 Å². The lowest BCUT2D eigenvalue weighted by molar-refractivity contribution is -0.145. The van der Waals surface area contributed by atoms with Gasteiger partial charge in [0.25, 0.3) is 0 Å². The highest BCUT2D eigenvalue weighted by molar-refractivity contribution is 5.75. The van der Waals surface area contributed by atoms with Crippen molar-refractivity contribution in [1.29, 1.82) is 0 Å². The van der Waals surface area contributed by atoms with Crippen molar-refractivity contribution in [2.75, 3.05) is 6.61 Å². The average Bonchev–Trinajstić information content (AvgIpc) is 2.59. The van der Waals surface area contributed by atoms with Crippen LogP contribution in [0, 0.1) is 5.82 Å². The molecule has 2 aromatic carbocycles. The summed E-state index contributed by atoms with van der Waals surface area (Å²) < 4.78 is 23.7. The van der Waals surface area contributed by atoms with Crippen molar-refractivity contribution in [2.45, 2.75) is 33.0 Å². The summed E-state index contributed by atoms with van der Waals surface area (Å²) in [7, 11) is 0. The molecule has 0 bridgehead atoms. The van der Waals surface area contributed by atoms with E-state index < -0.39 is 0 Å². The van der Waals surface area contributed by atoms with Gasteiger partial charge in [0.1, 0.15) is 24.2 Å². The number of nitrogens with one attached hydrogen (secondary N) is 1. The van der Waals surface area contributed by atoms with Gasteiger partial charge in [-0.1, -0.05) is 24.3 Å². The number of hydrogen-bond donors (Lipinski definition) is 1. The van der Waals surface area contributed by atoms with E-state index in [1.165, 1.54) is 12.1 Å². The summed E-state index contributed by atoms with van der Waals surface area (Å²) >= 11 is 0. The molecule has 0 heterocycles. The Hall–Kier alpha value is -2.40. The number of carbonyl (C=O) groups is 1. The molecule has 0 spiro atoms. The molecule has 0 aromatic heterocycles. The summed E-state index contributed by atoms with van der Waals surface area (Å²) in [5.41, 5.74) is 1.81. The van der Waals surface area contributed by atoms with Gasteiger partial charge in [0.2, 0.25) is 0 Å². The molecule has 0 aliphatic carbocycles. The third-order valence-corrected chi connectivity index (χ3v) is 3.47. The van der Waals surface area contributed by atoms with E-state index in [-0.39, 0.29) is 17.8 Å². The van der Waals surface area contributed by atoms with Crippen LogP contribution in [0.15, 0.2) is 48.5 Å². The first kappa shape index (κ1) is 17.9. The van der Waals surface area contributed by atoms with E-state index in [2.05, 4.69) is 5.32 Å². The highest BCUT2D eigenvalue weighted by Gasteiger charge is 2.12. The van der Waals surface area contributed by atoms with Crippen molar-refractivity contribution in [3.8, 4) is 5.75 Å². The Morgan fingerprint density at radius 3 is 2.58 bits per heavy atom. The smallest absolute Gasteiger partial charge is 0.322 e. The van der Waals surface area contributed by atoms with Crippen LogP contribution in [-0.2, 0) is 22.7 Å². The van der Waals surface area contributed by atoms with E-state index >= 15 is 0 Å². The summed E-state index contributed by atoms with van der Waals surface area (Å²) in [4.78, 5) is 11.5. The monoisotopic (exact) mass is 331 g/mol. The number of hydrogen-bond acceptors (Lipinski definition) is 4. The van der Waals surface area contributed by atoms with Gasteiger partial charge in [0, 0.05) is 6.54 Å². The molecular weight excluding hydrogens is 309 g/mol. The Balaban J connectivity index is 1.81. The molecule has 0 saturated carbocycles. The van der Waals surface area contributed by atoms with Gasteiger partial charge in [-0.25, -0.2) is 4.39 Å². The van der Waals surface area contributed by atoms with Crippen LogP contribution < -0.4 is 10.1 Å². The summed E-state index contributed by atoms with van der Waals surface area (Å²) in [6, 6.07) is 13.5. The molecule has 0 fully saturated rings. The highest BCUT2D eigenvalue weighted by atomic mass is 19.1. The lowest BCUT2D eigenvalue weighted by Gasteiger charge is -2.13. The molecule has 2 rings (SSSR count). The van der Waals surface area contributed by atoms with Gasteiger partial charge >= 0.3 is 5.97 Å². The summed E-state index contributed by atoms with van der Waals surface area (Å²) in [6.45, 7) is 4.81. The lowest BCUT2D eigenvalue weighted by Crippen LogP contribution is -2.34. The Labute approximate surface area is 141 Å². The maximum absolute atomic E-state index is 13.1. The molecular formula is C19H22FNO3. The van der Waals surface area contributed by atoms with Crippen LogP contribution in [0.3, 0.4) is 0 Å². The summed E-state index contributed by atoms with van der Waals surface area (Å²) in [5.74, 6) is 0.183. The molecule has 0 radical (unpaired) electrons. The lowest BCUT2D eigenvalue weighted by atomic mass is 10.2. The summed E-state index contributed by atoms with van der Waals surface area (Å²) in [6.07, 6.45) is 0. The predicted molar refractivity (Wildman–Crippen MR) is 90.1 cm³/mol. The molecule has 4 nitrogen and oxygen atoms in total. The Morgan fingerprint density at radius 2 is 1.92 bits per heavy atom. The number of esters is 1. The number of carbonyl (C=O) groups excluding carboxylic acids is 1. The van der Waals surface area contributed by atoms with E-state index in [0.717, 1.165) is 11.1 Å². The Bertz CT molecular complexity index is 658. The van der Waals surface area contributed by atoms with Gasteiger partial charge in [-0.05, 0) is 49.2 Å². The third kappa shape index (κ3) is 5.66. The first-order chi connectivity index (χ1) is 11.6. The van der Waals surface area contributed by atoms with Gasteiger partial charge < -0.3 is 14.8 Å². The van der Waals surface area contributed by atoms with Crippen molar-refractivity contribution < 1.29 is 18.7 Å². The predicted octanol–water partition coefficient (Wildman–Crippen LogP) is 3.45.